The molecular formula is C11H9F4N3. The number of nitrogens with two attached hydrogens (primary N) is 1. The predicted octanol–water partition coefficient (Wildman–Crippen LogP) is 3.13. The van der Waals surface area contributed by atoms with Crippen LogP contribution in [0.1, 0.15) is 11.5 Å². The van der Waals surface area contributed by atoms with E-state index in [1.807, 2.05) is 0 Å². The van der Waals surface area contributed by atoms with Gasteiger partial charge in [-0.3, -0.25) is 0 Å². The lowest BCUT2D eigenvalue weighted by atomic mass is 10.1. The van der Waals surface area contributed by atoms with Crippen LogP contribution in [0.5, 0.6) is 0 Å². The Morgan fingerprint density at radius 2 is 1.94 bits per heavy atom. The van der Waals surface area contributed by atoms with E-state index in [4.69, 9.17) is 5.73 Å². The summed E-state index contributed by atoms with van der Waals surface area (Å²) in [6, 6.07) is 3.67. The van der Waals surface area contributed by atoms with Crippen LogP contribution in [0.3, 0.4) is 0 Å². The van der Waals surface area contributed by atoms with Gasteiger partial charge in [-0.15, -0.1) is 0 Å². The summed E-state index contributed by atoms with van der Waals surface area (Å²) in [7, 11) is 0. The number of rotatable bonds is 1. The summed E-state index contributed by atoms with van der Waals surface area (Å²) in [5, 5.41) is 0. The molecule has 0 saturated carbocycles. The minimum atomic E-state index is -4.55. The van der Waals surface area contributed by atoms with Crippen molar-refractivity contribution in [2.75, 3.05) is 5.73 Å². The van der Waals surface area contributed by atoms with E-state index in [2.05, 4.69) is 9.97 Å². The number of nitrogen functional groups attached to an aromatic ring is 1. The van der Waals surface area contributed by atoms with Crippen molar-refractivity contribution in [3.05, 3.63) is 35.5 Å². The van der Waals surface area contributed by atoms with Crippen LogP contribution in [-0.2, 0) is 6.18 Å². The van der Waals surface area contributed by atoms with Crippen LogP contribution >= 0.6 is 0 Å². The normalized spacial score (nSPS) is 11.8. The molecule has 1 aromatic carbocycles. The number of hydrogen-bond acceptors (Lipinski definition) is 2. The van der Waals surface area contributed by atoms with Crippen molar-refractivity contribution in [2.24, 2.45) is 0 Å². The average molecular weight is 259 g/mol. The molecule has 0 atom stereocenters. The molecule has 1 heterocycles. The van der Waals surface area contributed by atoms with Gasteiger partial charge in [0.15, 0.2) is 0 Å². The van der Waals surface area contributed by atoms with E-state index < -0.39 is 17.8 Å². The molecule has 0 saturated heterocycles. The molecule has 0 aliphatic rings. The number of imidazole rings is 1. The molecule has 2 rings (SSSR count). The van der Waals surface area contributed by atoms with Crippen LogP contribution in [0.15, 0.2) is 18.2 Å². The zero-order chi connectivity index (χ0) is 13.5. The van der Waals surface area contributed by atoms with Crippen molar-refractivity contribution in [1.82, 2.24) is 9.97 Å². The van der Waals surface area contributed by atoms with Crippen molar-refractivity contribution in [2.45, 2.75) is 13.1 Å². The number of nitrogens with one attached hydrogen (secondary N) is 1. The maximum absolute atomic E-state index is 13.0. The molecular weight excluding hydrogens is 250 g/mol. The Kier molecular flexibility index (Phi) is 2.76. The molecule has 0 amide bonds. The summed E-state index contributed by atoms with van der Waals surface area (Å²) in [5.74, 6) is -1.71. The van der Waals surface area contributed by atoms with E-state index in [9.17, 15) is 17.6 Å². The van der Waals surface area contributed by atoms with Gasteiger partial charge in [0.05, 0.1) is 11.4 Å². The molecule has 7 heteroatoms. The Hall–Kier alpha value is -2.05. The van der Waals surface area contributed by atoms with Crippen molar-refractivity contribution in [3.63, 3.8) is 0 Å². The standard InChI is InChI=1S/C11H9F4N3/c1-5-9(18-10(17-5)11(13,14)15)6-2-3-7(12)8(16)4-6/h2-4H,16H2,1H3,(H,17,18). The minimum Gasteiger partial charge on any atom is -0.396 e. The molecule has 3 N–H and O–H groups in total. The number of aromatic amines is 1. The number of nitrogens with zero attached hydrogens (tertiary/aromatic N) is 1. The molecule has 0 aliphatic heterocycles. The molecule has 0 spiro atoms. The van der Waals surface area contributed by atoms with Gasteiger partial charge in [0.1, 0.15) is 5.82 Å². The van der Waals surface area contributed by atoms with Gasteiger partial charge >= 0.3 is 6.18 Å². The van der Waals surface area contributed by atoms with Crippen LogP contribution in [0.25, 0.3) is 11.3 Å². The Morgan fingerprint density at radius 3 is 2.44 bits per heavy atom. The van der Waals surface area contributed by atoms with Gasteiger partial charge in [-0.25, -0.2) is 9.37 Å². The second kappa shape index (κ2) is 4.01. The fourth-order valence-corrected chi connectivity index (χ4v) is 1.57. The van der Waals surface area contributed by atoms with Gasteiger partial charge < -0.3 is 10.7 Å². The summed E-state index contributed by atoms with van der Waals surface area (Å²) in [6.45, 7) is 1.46. The molecule has 0 fully saturated rings. The predicted molar refractivity (Wildman–Crippen MR) is 58.1 cm³/mol. The third kappa shape index (κ3) is 2.15. The van der Waals surface area contributed by atoms with Crippen LogP contribution in [-0.4, -0.2) is 9.97 Å². The van der Waals surface area contributed by atoms with E-state index in [1.165, 1.54) is 19.1 Å². The van der Waals surface area contributed by atoms with Gasteiger partial charge in [-0.05, 0) is 25.1 Å². The second-order valence-electron chi connectivity index (χ2n) is 3.79. The van der Waals surface area contributed by atoms with Gasteiger partial charge in [0, 0.05) is 11.3 Å². The van der Waals surface area contributed by atoms with Crippen molar-refractivity contribution in [1.29, 1.82) is 0 Å². The maximum Gasteiger partial charge on any atom is 0.449 e. The Bertz CT molecular complexity index is 586. The first-order valence-electron chi connectivity index (χ1n) is 4.98. The molecule has 0 aliphatic carbocycles. The topological polar surface area (TPSA) is 54.7 Å². The molecule has 2 aromatic rings. The van der Waals surface area contributed by atoms with E-state index in [-0.39, 0.29) is 17.1 Å². The number of alkyl halides is 3. The molecule has 3 nitrogen and oxygen atoms in total. The number of aromatic nitrogens is 2. The summed E-state index contributed by atoms with van der Waals surface area (Å²) < 4.78 is 50.4. The lowest BCUT2D eigenvalue weighted by molar-refractivity contribution is -0.144. The number of H-pyrrole nitrogens is 1. The third-order valence-corrected chi connectivity index (χ3v) is 2.42. The van der Waals surface area contributed by atoms with Crippen molar-refractivity contribution < 1.29 is 17.6 Å². The van der Waals surface area contributed by atoms with E-state index >= 15 is 0 Å². The molecule has 1 aromatic heterocycles. The van der Waals surface area contributed by atoms with E-state index in [0.717, 1.165) is 6.07 Å². The first-order valence-corrected chi connectivity index (χ1v) is 4.98. The largest absolute Gasteiger partial charge is 0.449 e. The monoisotopic (exact) mass is 259 g/mol. The van der Waals surface area contributed by atoms with Crippen LogP contribution in [0.4, 0.5) is 23.2 Å². The summed E-state index contributed by atoms with van der Waals surface area (Å²) in [5.41, 5.74) is 5.91. The first-order chi connectivity index (χ1) is 8.29. The number of anilines is 1. The molecule has 18 heavy (non-hydrogen) atoms. The van der Waals surface area contributed by atoms with Gasteiger partial charge in [-0.2, -0.15) is 13.2 Å². The summed E-state index contributed by atoms with van der Waals surface area (Å²) in [4.78, 5) is 5.61. The molecule has 0 bridgehead atoms. The number of halogens is 4. The SMILES string of the molecule is Cc1[nH]c(C(F)(F)F)nc1-c1ccc(F)c(N)c1. The lowest BCUT2D eigenvalue weighted by Crippen LogP contribution is -2.07. The van der Waals surface area contributed by atoms with E-state index in [1.54, 1.807) is 0 Å². The highest BCUT2D eigenvalue weighted by Gasteiger charge is 2.35. The van der Waals surface area contributed by atoms with Crippen LogP contribution in [0, 0.1) is 12.7 Å². The van der Waals surface area contributed by atoms with Gasteiger partial charge in [0.2, 0.25) is 5.82 Å². The maximum atomic E-state index is 13.0. The Labute approximate surface area is 99.6 Å². The van der Waals surface area contributed by atoms with E-state index in [0.29, 0.717) is 5.56 Å². The van der Waals surface area contributed by atoms with Gasteiger partial charge in [0.25, 0.3) is 0 Å². The molecule has 0 radical (unpaired) electrons. The molecule has 0 unspecified atom stereocenters. The first kappa shape index (κ1) is 12.4. The fraction of sp³-hybridized carbons (Fsp3) is 0.182. The zero-order valence-corrected chi connectivity index (χ0v) is 9.27. The average Bonchev–Trinajstić information content (AvgIpc) is 2.64. The Balaban J connectivity index is 2.51. The quantitative estimate of drug-likeness (QED) is 0.610. The van der Waals surface area contributed by atoms with Gasteiger partial charge in [-0.1, -0.05) is 0 Å². The van der Waals surface area contributed by atoms with Crippen LogP contribution < -0.4 is 5.73 Å². The highest BCUT2D eigenvalue weighted by Crippen LogP contribution is 2.31. The fourth-order valence-electron chi connectivity index (χ4n) is 1.57. The zero-order valence-electron chi connectivity index (χ0n) is 9.27. The number of hydrogen-bond donors (Lipinski definition) is 2. The second-order valence-corrected chi connectivity index (χ2v) is 3.79. The smallest absolute Gasteiger partial charge is 0.396 e. The van der Waals surface area contributed by atoms with Crippen LogP contribution in [0.2, 0.25) is 0 Å². The summed E-state index contributed by atoms with van der Waals surface area (Å²) in [6.07, 6.45) is -4.55. The Morgan fingerprint density at radius 1 is 1.28 bits per heavy atom. The number of benzene rings is 1. The van der Waals surface area contributed by atoms with Crippen molar-refractivity contribution >= 4 is 5.69 Å². The number of aryl methyl sites for hydroxylation is 1. The minimum absolute atomic E-state index is 0.106. The van der Waals surface area contributed by atoms with Crippen molar-refractivity contribution in [3.8, 4) is 11.3 Å². The lowest BCUT2D eigenvalue weighted by Gasteiger charge is -2.02. The third-order valence-electron chi connectivity index (χ3n) is 2.42. The molecule has 96 valence electrons. The highest BCUT2D eigenvalue weighted by molar-refractivity contribution is 5.66. The highest BCUT2D eigenvalue weighted by atomic mass is 19.4. The summed E-state index contributed by atoms with van der Waals surface area (Å²) >= 11 is 0.